The molecule has 0 bridgehead atoms. The van der Waals surface area contributed by atoms with E-state index in [1.165, 1.54) is 5.56 Å². The third kappa shape index (κ3) is 2.53. The van der Waals surface area contributed by atoms with Crippen LogP contribution >= 0.6 is 0 Å². The summed E-state index contributed by atoms with van der Waals surface area (Å²) in [6.07, 6.45) is 0. The van der Waals surface area contributed by atoms with E-state index in [9.17, 15) is 0 Å². The molecule has 1 unspecified atom stereocenters. The second-order valence-electron chi connectivity index (χ2n) is 2.82. The minimum atomic E-state index is 0.573. The molecule has 0 saturated heterocycles. The van der Waals surface area contributed by atoms with Crippen LogP contribution in [0.4, 0.5) is 0 Å². The Morgan fingerprint density at radius 3 is 2.18 bits per heavy atom. The Kier molecular flexibility index (Phi) is 3.47. The molecule has 2 heteroatoms. The first kappa shape index (κ1) is 9.14. The standard InChI is InChI=1S/C9H12N.Sc/c1-10(2)8-9-6-4-3-5-7-9;/h3-8H,1-2H3;. The Hall–Kier alpha value is 0.0501. The molecule has 0 aliphatic rings. The molecule has 11 heavy (non-hydrogen) atoms. The quantitative estimate of drug-likeness (QED) is 0.669. The molecule has 0 aliphatic carbocycles. The van der Waals surface area contributed by atoms with Crippen LogP contribution in [0.2, 0.25) is 0 Å². The van der Waals surface area contributed by atoms with Crippen molar-refractivity contribution in [3.05, 3.63) is 35.9 Å². The van der Waals surface area contributed by atoms with Gasteiger partial charge >= 0.3 is 83.1 Å². The fourth-order valence-corrected chi connectivity index (χ4v) is 1.30. The van der Waals surface area contributed by atoms with Gasteiger partial charge in [0.05, 0.1) is 0 Å². The third-order valence-corrected chi connectivity index (χ3v) is 3.23. The molecule has 0 N–H and O–H groups in total. The van der Waals surface area contributed by atoms with Crippen molar-refractivity contribution in [1.29, 1.82) is 0 Å². The first-order valence-corrected chi connectivity index (χ1v) is 4.73. The van der Waals surface area contributed by atoms with Crippen molar-refractivity contribution in [2.24, 2.45) is 0 Å². The normalized spacial score (nSPS) is 13.3. The number of hydrogen-bond donors (Lipinski definition) is 0. The van der Waals surface area contributed by atoms with E-state index in [0.29, 0.717) is 3.80 Å². The number of hydrogen-bond acceptors (Lipinski definition) is 1. The van der Waals surface area contributed by atoms with Crippen LogP contribution in [0.3, 0.4) is 0 Å². The van der Waals surface area contributed by atoms with Gasteiger partial charge in [-0.15, -0.1) is 0 Å². The molecule has 0 radical (unpaired) electrons. The van der Waals surface area contributed by atoms with Crippen molar-refractivity contribution in [3.8, 4) is 0 Å². The van der Waals surface area contributed by atoms with Gasteiger partial charge in [-0.3, -0.25) is 0 Å². The predicted octanol–water partition coefficient (Wildman–Crippen LogP) is 1.79. The minimum absolute atomic E-state index is 0.573. The van der Waals surface area contributed by atoms with E-state index in [4.69, 9.17) is 0 Å². The Morgan fingerprint density at radius 1 is 1.18 bits per heavy atom. The van der Waals surface area contributed by atoms with E-state index < -0.39 is 0 Å². The Balaban J connectivity index is 2.77. The Bertz CT molecular complexity index is 208. The molecule has 0 aromatic heterocycles. The summed E-state index contributed by atoms with van der Waals surface area (Å²) >= 11 is 1.75. The van der Waals surface area contributed by atoms with E-state index in [1.54, 1.807) is 24.4 Å². The van der Waals surface area contributed by atoms with Crippen LogP contribution in [0.5, 0.6) is 0 Å². The van der Waals surface area contributed by atoms with Gasteiger partial charge in [0, 0.05) is 0 Å². The Labute approximate surface area is 83.0 Å². The molecule has 0 saturated carbocycles. The van der Waals surface area contributed by atoms with Crippen LogP contribution in [0.1, 0.15) is 9.36 Å². The van der Waals surface area contributed by atoms with Gasteiger partial charge in [-0.25, -0.2) is 0 Å². The van der Waals surface area contributed by atoms with Crippen LogP contribution < -0.4 is 0 Å². The predicted molar refractivity (Wildman–Crippen MR) is 42.9 cm³/mol. The molecule has 56 valence electrons. The van der Waals surface area contributed by atoms with Crippen molar-refractivity contribution in [3.63, 3.8) is 0 Å². The van der Waals surface area contributed by atoms with E-state index in [2.05, 4.69) is 49.3 Å². The molecule has 0 fully saturated rings. The fourth-order valence-electron chi connectivity index (χ4n) is 0.948. The van der Waals surface area contributed by atoms with Crippen molar-refractivity contribution >= 4 is 0 Å². The van der Waals surface area contributed by atoms with Crippen LogP contribution in [-0.2, 0) is 24.4 Å². The second kappa shape index (κ2) is 4.17. The Morgan fingerprint density at radius 2 is 1.73 bits per heavy atom. The van der Waals surface area contributed by atoms with Crippen LogP contribution in [0, 0.1) is 0 Å². The van der Waals surface area contributed by atoms with E-state index >= 15 is 0 Å². The SMILES string of the molecule is CN(C)[CH]([Sc])c1ccccc1. The summed E-state index contributed by atoms with van der Waals surface area (Å²) in [6.45, 7) is 0. The van der Waals surface area contributed by atoms with Gasteiger partial charge in [0.25, 0.3) is 0 Å². The van der Waals surface area contributed by atoms with Crippen molar-refractivity contribution < 1.29 is 24.4 Å². The maximum atomic E-state index is 2.23. The summed E-state index contributed by atoms with van der Waals surface area (Å²) < 4.78 is 0.573. The summed E-state index contributed by atoms with van der Waals surface area (Å²) in [5.74, 6) is 0. The summed E-state index contributed by atoms with van der Waals surface area (Å²) in [5.41, 5.74) is 1.40. The van der Waals surface area contributed by atoms with E-state index in [1.807, 2.05) is 0 Å². The van der Waals surface area contributed by atoms with Gasteiger partial charge < -0.3 is 0 Å². The zero-order chi connectivity index (χ0) is 8.27. The third-order valence-electron chi connectivity index (χ3n) is 1.70. The molecular formula is C9H12NSc. The first-order chi connectivity index (χ1) is 5.22. The summed E-state index contributed by atoms with van der Waals surface area (Å²) in [6, 6.07) is 10.6. The topological polar surface area (TPSA) is 3.24 Å². The summed E-state index contributed by atoms with van der Waals surface area (Å²) in [7, 11) is 4.22. The molecule has 0 heterocycles. The molecule has 0 spiro atoms. The first-order valence-electron chi connectivity index (χ1n) is 3.69. The van der Waals surface area contributed by atoms with Gasteiger partial charge in [0.15, 0.2) is 0 Å². The molecule has 1 nitrogen and oxygen atoms in total. The number of benzene rings is 1. The van der Waals surface area contributed by atoms with E-state index in [0.717, 1.165) is 0 Å². The zero-order valence-corrected chi connectivity index (χ0v) is 8.79. The molecule has 1 atom stereocenters. The van der Waals surface area contributed by atoms with Crippen molar-refractivity contribution in [2.75, 3.05) is 14.1 Å². The van der Waals surface area contributed by atoms with Gasteiger partial charge in [0.2, 0.25) is 0 Å². The van der Waals surface area contributed by atoms with Gasteiger partial charge in [-0.2, -0.15) is 0 Å². The second-order valence-corrected chi connectivity index (χ2v) is 3.81. The van der Waals surface area contributed by atoms with E-state index in [-0.39, 0.29) is 0 Å². The molecule has 1 aromatic rings. The van der Waals surface area contributed by atoms with Crippen LogP contribution in [0.25, 0.3) is 0 Å². The van der Waals surface area contributed by atoms with Gasteiger partial charge in [-0.1, -0.05) is 0 Å². The summed E-state index contributed by atoms with van der Waals surface area (Å²) in [5, 5.41) is 0. The monoisotopic (exact) mass is 179 g/mol. The summed E-state index contributed by atoms with van der Waals surface area (Å²) in [4.78, 5) is 2.23. The number of rotatable bonds is 2. The molecule has 1 rings (SSSR count). The maximum absolute atomic E-state index is 2.23. The fraction of sp³-hybridized carbons (Fsp3) is 0.333. The average molecular weight is 179 g/mol. The van der Waals surface area contributed by atoms with Crippen LogP contribution in [0.15, 0.2) is 30.3 Å². The zero-order valence-electron chi connectivity index (χ0n) is 6.99. The molecule has 1 aromatic carbocycles. The average Bonchev–Trinajstić information content (AvgIpc) is 2.05. The van der Waals surface area contributed by atoms with Crippen molar-refractivity contribution in [2.45, 2.75) is 3.80 Å². The molecule has 0 amide bonds. The van der Waals surface area contributed by atoms with Gasteiger partial charge in [-0.05, 0) is 0 Å². The molecule has 0 aliphatic heterocycles. The van der Waals surface area contributed by atoms with Crippen LogP contribution in [-0.4, -0.2) is 19.0 Å². The molecular weight excluding hydrogens is 167 g/mol. The number of nitrogens with zero attached hydrogens (tertiary/aromatic N) is 1. The van der Waals surface area contributed by atoms with Crippen molar-refractivity contribution in [1.82, 2.24) is 4.90 Å². The van der Waals surface area contributed by atoms with Gasteiger partial charge in [0.1, 0.15) is 0 Å².